The quantitative estimate of drug-likeness (QED) is 0.877. The van der Waals surface area contributed by atoms with Gasteiger partial charge in [0.2, 0.25) is 11.8 Å². The number of para-hydroxylation sites is 1. The average molecular weight is 344 g/mol. The monoisotopic (exact) mass is 344 g/mol. The molecule has 1 aliphatic heterocycles. The Kier molecular flexibility index (Phi) is 5.27. The first kappa shape index (κ1) is 16.7. The number of hydrogen-bond acceptors (Lipinski definition) is 4. The number of fused-ring (bicyclic) bond motifs is 1. The van der Waals surface area contributed by atoms with Crippen molar-refractivity contribution in [1.82, 2.24) is 4.90 Å². The van der Waals surface area contributed by atoms with Crippen LogP contribution in [0.3, 0.4) is 0 Å². The zero-order valence-electron chi connectivity index (χ0n) is 13.5. The summed E-state index contributed by atoms with van der Waals surface area (Å²) in [6.45, 7) is 1.52. The van der Waals surface area contributed by atoms with E-state index in [0.29, 0.717) is 19.7 Å². The molecule has 0 spiro atoms. The molecule has 2 aromatic rings. The van der Waals surface area contributed by atoms with Gasteiger partial charge < -0.3 is 15.0 Å². The van der Waals surface area contributed by atoms with Crippen LogP contribution in [0, 0.1) is 0 Å². The molecule has 0 saturated carbocycles. The Hall–Kier alpha value is -2.18. The standard InChI is InChI=1S/C18H20N2O3S/c1-23-9-8-20(12-13-5-4-10-24-13)18(22)15-11-17(21)19-16-7-3-2-6-14(15)16/h2-7,10,15H,8-9,11-12H2,1H3,(H,19,21). The molecule has 24 heavy (non-hydrogen) atoms. The van der Waals surface area contributed by atoms with Gasteiger partial charge in [-0.1, -0.05) is 24.3 Å². The number of ether oxygens (including phenoxy) is 1. The lowest BCUT2D eigenvalue weighted by molar-refractivity contribution is -0.136. The van der Waals surface area contributed by atoms with Crippen LogP contribution in [0.15, 0.2) is 41.8 Å². The van der Waals surface area contributed by atoms with E-state index in [2.05, 4.69) is 5.32 Å². The van der Waals surface area contributed by atoms with Gasteiger partial charge in [0.25, 0.3) is 0 Å². The molecule has 1 N–H and O–H groups in total. The molecule has 0 bridgehead atoms. The van der Waals surface area contributed by atoms with Crippen molar-refractivity contribution in [3.63, 3.8) is 0 Å². The van der Waals surface area contributed by atoms with E-state index in [4.69, 9.17) is 4.74 Å². The van der Waals surface area contributed by atoms with E-state index in [1.807, 2.05) is 41.8 Å². The molecule has 1 atom stereocenters. The molecule has 6 heteroatoms. The van der Waals surface area contributed by atoms with Crippen LogP contribution >= 0.6 is 11.3 Å². The van der Waals surface area contributed by atoms with Gasteiger partial charge in [-0.05, 0) is 23.1 Å². The summed E-state index contributed by atoms with van der Waals surface area (Å²) in [5.41, 5.74) is 1.62. The lowest BCUT2D eigenvalue weighted by Crippen LogP contribution is -2.39. The summed E-state index contributed by atoms with van der Waals surface area (Å²) < 4.78 is 5.15. The maximum absolute atomic E-state index is 13.1. The molecule has 1 aliphatic rings. The summed E-state index contributed by atoms with van der Waals surface area (Å²) in [4.78, 5) is 28.0. The van der Waals surface area contributed by atoms with Crippen molar-refractivity contribution in [2.45, 2.75) is 18.9 Å². The number of carbonyl (C=O) groups excluding carboxylic acids is 2. The predicted octanol–water partition coefficient (Wildman–Crippen LogP) is 2.85. The smallest absolute Gasteiger partial charge is 0.231 e. The van der Waals surface area contributed by atoms with Crippen LogP contribution < -0.4 is 5.32 Å². The number of nitrogens with zero attached hydrogens (tertiary/aromatic N) is 1. The maximum Gasteiger partial charge on any atom is 0.231 e. The molecule has 3 rings (SSSR count). The van der Waals surface area contributed by atoms with Crippen molar-refractivity contribution in [1.29, 1.82) is 0 Å². The van der Waals surface area contributed by atoms with Gasteiger partial charge in [0.1, 0.15) is 0 Å². The summed E-state index contributed by atoms with van der Waals surface area (Å²) in [5, 5.41) is 4.84. The number of thiophene rings is 1. The molecule has 2 amide bonds. The Labute approximate surface area is 145 Å². The van der Waals surface area contributed by atoms with Crippen molar-refractivity contribution in [2.24, 2.45) is 0 Å². The molecule has 1 aromatic heterocycles. The van der Waals surface area contributed by atoms with Crippen molar-refractivity contribution >= 4 is 28.8 Å². The van der Waals surface area contributed by atoms with E-state index in [1.54, 1.807) is 23.3 Å². The Balaban J connectivity index is 1.85. The summed E-state index contributed by atoms with van der Waals surface area (Å²) in [5.74, 6) is -0.579. The number of amides is 2. The molecule has 0 fully saturated rings. The van der Waals surface area contributed by atoms with Gasteiger partial charge >= 0.3 is 0 Å². The highest BCUT2D eigenvalue weighted by Gasteiger charge is 2.33. The fourth-order valence-corrected chi connectivity index (χ4v) is 3.63. The lowest BCUT2D eigenvalue weighted by Gasteiger charge is -2.30. The molecular formula is C18H20N2O3S. The number of hydrogen-bond donors (Lipinski definition) is 1. The van der Waals surface area contributed by atoms with Gasteiger partial charge in [-0.3, -0.25) is 9.59 Å². The molecule has 126 valence electrons. The van der Waals surface area contributed by atoms with Gasteiger partial charge in [-0.25, -0.2) is 0 Å². The van der Waals surface area contributed by atoms with Crippen LogP contribution in [0.5, 0.6) is 0 Å². The van der Waals surface area contributed by atoms with E-state index in [-0.39, 0.29) is 18.2 Å². The highest BCUT2D eigenvalue weighted by Crippen LogP contribution is 2.33. The first-order valence-electron chi connectivity index (χ1n) is 7.88. The number of carbonyl (C=O) groups is 2. The number of benzene rings is 1. The van der Waals surface area contributed by atoms with Crippen molar-refractivity contribution in [2.75, 3.05) is 25.6 Å². The second kappa shape index (κ2) is 7.59. The van der Waals surface area contributed by atoms with Crippen LogP contribution in [-0.2, 0) is 20.9 Å². The summed E-state index contributed by atoms with van der Waals surface area (Å²) in [6.07, 6.45) is 0.184. The van der Waals surface area contributed by atoms with Gasteiger partial charge in [-0.2, -0.15) is 0 Å². The van der Waals surface area contributed by atoms with Gasteiger partial charge in [0.15, 0.2) is 0 Å². The van der Waals surface area contributed by atoms with Crippen LogP contribution in [-0.4, -0.2) is 37.0 Å². The molecule has 0 radical (unpaired) electrons. The summed E-state index contributed by atoms with van der Waals surface area (Å²) in [7, 11) is 1.62. The van der Waals surface area contributed by atoms with Gasteiger partial charge in [0.05, 0.1) is 19.1 Å². The number of nitrogens with one attached hydrogen (secondary N) is 1. The van der Waals surface area contributed by atoms with Crippen LogP contribution in [0.25, 0.3) is 0 Å². The van der Waals surface area contributed by atoms with E-state index in [9.17, 15) is 9.59 Å². The zero-order chi connectivity index (χ0) is 16.9. The van der Waals surface area contributed by atoms with Crippen LogP contribution in [0.1, 0.15) is 22.8 Å². The molecule has 5 nitrogen and oxygen atoms in total. The fraction of sp³-hybridized carbons (Fsp3) is 0.333. The normalized spacial score (nSPS) is 16.4. The van der Waals surface area contributed by atoms with Crippen LogP contribution in [0.2, 0.25) is 0 Å². The number of anilines is 1. The third kappa shape index (κ3) is 3.66. The first-order chi connectivity index (χ1) is 11.7. The minimum atomic E-state index is -0.438. The van der Waals surface area contributed by atoms with Gasteiger partial charge in [-0.15, -0.1) is 11.3 Å². The number of rotatable bonds is 6. The largest absolute Gasteiger partial charge is 0.383 e. The van der Waals surface area contributed by atoms with Crippen molar-refractivity contribution < 1.29 is 14.3 Å². The van der Waals surface area contributed by atoms with E-state index in [1.165, 1.54) is 0 Å². The summed E-state index contributed by atoms with van der Waals surface area (Å²) in [6, 6.07) is 11.5. The van der Waals surface area contributed by atoms with Gasteiger partial charge in [0, 0.05) is 30.6 Å². The lowest BCUT2D eigenvalue weighted by atomic mass is 9.89. The fourth-order valence-electron chi connectivity index (χ4n) is 2.91. The topological polar surface area (TPSA) is 58.6 Å². The average Bonchev–Trinajstić information content (AvgIpc) is 3.10. The third-order valence-corrected chi connectivity index (χ3v) is 4.96. The molecule has 1 unspecified atom stereocenters. The highest BCUT2D eigenvalue weighted by atomic mass is 32.1. The Morgan fingerprint density at radius 1 is 1.33 bits per heavy atom. The zero-order valence-corrected chi connectivity index (χ0v) is 14.3. The molecule has 0 aliphatic carbocycles. The van der Waals surface area contributed by atoms with E-state index in [0.717, 1.165) is 16.1 Å². The predicted molar refractivity (Wildman–Crippen MR) is 94.0 cm³/mol. The Morgan fingerprint density at radius 3 is 2.92 bits per heavy atom. The Morgan fingerprint density at radius 2 is 2.17 bits per heavy atom. The molecule has 2 heterocycles. The minimum Gasteiger partial charge on any atom is -0.383 e. The van der Waals surface area contributed by atoms with E-state index < -0.39 is 5.92 Å². The molecule has 1 aromatic carbocycles. The second-order valence-electron chi connectivity index (χ2n) is 5.72. The first-order valence-corrected chi connectivity index (χ1v) is 8.76. The second-order valence-corrected chi connectivity index (χ2v) is 6.76. The number of methoxy groups -OCH3 is 1. The Bertz CT molecular complexity index is 715. The minimum absolute atomic E-state index is 0.0252. The van der Waals surface area contributed by atoms with Crippen molar-refractivity contribution in [3.8, 4) is 0 Å². The molecule has 0 saturated heterocycles. The maximum atomic E-state index is 13.1. The summed E-state index contributed by atoms with van der Waals surface area (Å²) >= 11 is 1.62. The SMILES string of the molecule is COCCN(Cc1cccs1)C(=O)C1CC(=O)Nc2ccccc21. The molecular weight excluding hydrogens is 324 g/mol. The third-order valence-electron chi connectivity index (χ3n) is 4.10. The highest BCUT2D eigenvalue weighted by molar-refractivity contribution is 7.09. The van der Waals surface area contributed by atoms with E-state index >= 15 is 0 Å². The van der Waals surface area contributed by atoms with Crippen LogP contribution in [0.4, 0.5) is 5.69 Å². The van der Waals surface area contributed by atoms with Crippen molar-refractivity contribution in [3.05, 3.63) is 52.2 Å².